The van der Waals surface area contributed by atoms with Crippen LogP contribution in [0.4, 0.5) is 0 Å². The highest BCUT2D eigenvalue weighted by atomic mass is 16.8. The van der Waals surface area contributed by atoms with Gasteiger partial charge in [0.25, 0.3) is 0 Å². The highest BCUT2D eigenvalue weighted by Crippen LogP contribution is 2.42. The highest BCUT2D eigenvalue weighted by molar-refractivity contribution is 5.73. The predicted octanol–water partition coefficient (Wildman–Crippen LogP) is -18.5. The Morgan fingerprint density at radius 1 is 0.320 bits per heavy atom. The van der Waals surface area contributed by atoms with Gasteiger partial charge in [-0.1, -0.05) is 27.7 Å². The van der Waals surface area contributed by atoms with Crippen LogP contribution in [0.5, 0.6) is 0 Å². The average molecular weight is 1790 g/mol. The molecule has 0 spiro atoms. The molecule has 0 bridgehead atoms. The number of ether oxygens (including phenoxy) is 19. The van der Waals surface area contributed by atoms with Crippen molar-refractivity contribution in [2.75, 3.05) is 66.1 Å². The fourth-order valence-electron chi connectivity index (χ4n) is 16.4. The zero-order chi connectivity index (χ0) is 89.8. The summed E-state index contributed by atoms with van der Waals surface area (Å²) in [7, 11) is 0. The van der Waals surface area contributed by atoms with Crippen molar-refractivity contribution in [3.8, 4) is 0 Å². The molecule has 23 unspecified atom stereocenters. The third kappa shape index (κ3) is 22.3. The Bertz CT molecular complexity index is 3170. The minimum absolute atomic E-state index is 0.230. The first-order chi connectivity index (χ1) is 57.7. The van der Waals surface area contributed by atoms with Crippen LogP contribution in [-0.4, -0.2) is 522 Å². The average Bonchev–Trinajstić information content (AvgIpc) is 0.762. The molecule has 0 aromatic heterocycles. The second-order valence-corrected chi connectivity index (χ2v) is 32.5. The van der Waals surface area contributed by atoms with Gasteiger partial charge >= 0.3 is 0 Å². The van der Waals surface area contributed by atoms with E-state index in [2.05, 4.69) is 10.6 Å². The van der Waals surface area contributed by atoms with Gasteiger partial charge in [-0.25, -0.2) is 0 Å². The predicted molar refractivity (Wildman–Crippen MR) is 382 cm³/mol. The van der Waals surface area contributed by atoms with Crippen molar-refractivity contribution in [2.45, 2.75) is 349 Å². The van der Waals surface area contributed by atoms with Crippen LogP contribution in [0.25, 0.3) is 0 Å². The van der Waals surface area contributed by atoms with Gasteiger partial charge in [-0.15, -0.1) is 0 Å². The van der Waals surface area contributed by atoms with Gasteiger partial charge in [-0.05, 0) is 5.92 Å². The number of aliphatic hydroxyl groups excluding tert-OH is 28. The lowest BCUT2D eigenvalue weighted by molar-refractivity contribution is -0.400. The first-order valence-corrected chi connectivity index (χ1v) is 40.1. The quantitative estimate of drug-likeness (QED) is 0.0290. The van der Waals surface area contributed by atoms with Crippen LogP contribution in [-0.2, 0) is 99.6 Å². The largest absolute Gasteiger partial charge is 0.394 e. The summed E-state index contributed by atoms with van der Waals surface area (Å²) in [6, 6.07) is -3.08. The Hall–Kier alpha value is -2.94. The van der Waals surface area contributed by atoms with Crippen LogP contribution in [0, 0.1) is 17.8 Å². The van der Waals surface area contributed by atoms with E-state index in [4.69, 9.17) is 90.0 Å². The number of hydrogen-bond donors (Lipinski definition) is 30. The van der Waals surface area contributed by atoms with Gasteiger partial charge in [0.15, 0.2) is 56.6 Å². The molecule has 30 N–H and O–H groups in total. The van der Waals surface area contributed by atoms with E-state index in [1.807, 2.05) is 0 Å². The third-order valence-corrected chi connectivity index (χ3v) is 23.6. The molecule has 51 heteroatoms. The summed E-state index contributed by atoms with van der Waals surface area (Å²) in [4.78, 5) is 25.6. The Labute approximate surface area is 695 Å². The molecule has 0 saturated carbocycles. The van der Waals surface area contributed by atoms with Crippen molar-refractivity contribution >= 4 is 11.8 Å². The van der Waals surface area contributed by atoms with Gasteiger partial charge in [0.1, 0.15) is 214 Å². The molecule has 10 aliphatic rings. The van der Waals surface area contributed by atoms with Crippen molar-refractivity contribution < 1.29 is 243 Å². The molecule has 122 heavy (non-hydrogen) atoms. The lowest BCUT2D eigenvalue weighted by atomic mass is 9.87. The number of aliphatic hydroxyl groups is 28. The van der Waals surface area contributed by atoms with Crippen LogP contribution >= 0.6 is 0 Å². The van der Waals surface area contributed by atoms with Gasteiger partial charge in [-0.3, -0.25) is 9.59 Å². The van der Waals surface area contributed by atoms with Crippen LogP contribution < -0.4 is 10.6 Å². The van der Waals surface area contributed by atoms with Gasteiger partial charge in [0.05, 0.1) is 96.5 Å². The first kappa shape index (κ1) is 101. The fourth-order valence-corrected chi connectivity index (χ4v) is 16.4. The molecule has 10 saturated heterocycles. The molecule has 51 atom stereocenters. The van der Waals surface area contributed by atoms with Gasteiger partial charge in [0.2, 0.25) is 11.8 Å². The molecule has 0 aromatic carbocycles. The molecule has 10 heterocycles. The minimum Gasteiger partial charge on any atom is -0.394 e. The fraction of sp³-hybridized carbons (Fsp3) is 0.972. The highest BCUT2D eigenvalue weighted by Gasteiger charge is 2.61. The molecule has 10 fully saturated rings. The summed E-state index contributed by atoms with van der Waals surface area (Å²) in [6.45, 7) is -1.65. The zero-order valence-corrected chi connectivity index (χ0v) is 66.9. The van der Waals surface area contributed by atoms with Crippen molar-refractivity contribution in [1.82, 2.24) is 10.6 Å². The van der Waals surface area contributed by atoms with Crippen LogP contribution in [0.15, 0.2) is 0 Å². The molecular formula is C71H122N2O49. The summed E-state index contributed by atoms with van der Waals surface area (Å²) in [6.07, 6.45) is -92.0. The SMILES string of the molecule is CC(=O)NC1[C@H](O[C@@H]2C(CO)O[C@@H](C(C)C)C(NC(C)=O)[C@H]2O)OC(CO)[C@@H](O[C@@H]2OC(CO[C@H]3OC(CO[C@H]4OC(CO)[C@@H](O)[C@H](O)C4O)[C@@H](O)[C@H](O[C@H]4OC(CO)[C@@H](O)C(O)C4O)C3O)[C@@H](O)[C@H](O[C@H]3OC(CO)[C@@H](O)[C@H](O)C3O[C@@H]3OC(CO)[C@@H](O[C@@H]4OC(CO[C@@H]5CC(O)[C@@H](C)C(C(O)C(O)CO)O5)[C@H](O)[C@H](O)C4O)[C@H](O)C3C)C2O)[C@@H]1O. The van der Waals surface area contributed by atoms with Crippen LogP contribution in [0.3, 0.4) is 0 Å². The molecule has 0 radical (unpaired) electrons. The summed E-state index contributed by atoms with van der Waals surface area (Å²) in [5.74, 6) is -4.19. The number of carbonyl (C=O) groups is 2. The van der Waals surface area contributed by atoms with Gasteiger partial charge in [0, 0.05) is 32.1 Å². The smallest absolute Gasteiger partial charge is 0.217 e. The maximum absolute atomic E-state index is 13.1. The summed E-state index contributed by atoms with van der Waals surface area (Å²) in [5, 5.41) is 316. The van der Waals surface area contributed by atoms with Crippen LogP contribution in [0.2, 0.25) is 0 Å². The third-order valence-electron chi connectivity index (χ3n) is 23.6. The molecule has 10 rings (SSSR count). The number of carbonyl (C=O) groups excluding carboxylic acids is 2. The van der Waals surface area contributed by atoms with E-state index in [1.54, 1.807) is 13.8 Å². The van der Waals surface area contributed by atoms with E-state index >= 15 is 0 Å². The Kier molecular flexibility index (Phi) is 36.8. The molecule has 2 amide bonds. The number of amides is 2. The summed E-state index contributed by atoms with van der Waals surface area (Å²) >= 11 is 0. The Morgan fingerprint density at radius 3 is 1.16 bits per heavy atom. The van der Waals surface area contributed by atoms with E-state index in [-0.39, 0.29) is 6.42 Å². The zero-order valence-electron chi connectivity index (χ0n) is 66.9. The second kappa shape index (κ2) is 44.3. The van der Waals surface area contributed by atoms with E-state index in [0.717, 1.165) is 13.8 Å². The number of nitrogens with one attached hydrogen (secondary N) is 2. The first-order valence-electron chi connectivity index (χ1n) is 40.1. The Balaban J connectivity index is 0.937. The van der Waals surface area contributed by atoms with Crippen molar-refractivity contribution in [1.29, 1.82) is 0 Å². The number of hydrogen-bond acceptors (Lipinski definition) is 49. The van der Waals surface area contributed by atoms with E-state index in [0.29, 0.717) is 0 Å². The lowest BCUT2D eigenvalue weighted by Crippen LogP contribution is -2.70. The van der Waals surface area contributed by atoms with Crippen molar-refractivity contribution in [3.63, 3.8) is 0 Å². The molecule has 0 aliphatic carbocycles. The Morgan fingerprint density at radius 2 is 0.664 bits per heavy atom. The standard InChI is InChI=1S/C71H122N2O49/c1-18(2)56-35(72-21(5)81)45(93)59(28(12-78)107-56)117-65-36(73-22(6)82)46(94)60(30(14-80)112-65)119-70-55(103)62(44(92)33(115-70)17-106-67-54(102)61(120-68-52(100)48(96)40(88)26(10-76)109-68)43(91)32(113-67)16-105-66-51(99)47(95)39(87)25(9-75)108-66)121-71-63(50(98)41(89)27(11-77)110-71)122-64-20(4)37(85)58(29(13-79)111-64)118-69-53(101)49(97)42(90)31(114-69)15-104-34-7-23(83)19(3)57(116-34)38(86)24(84)8-74/h18-20,23-71,74-80,83-103H,7-17H2,1-6H3,(H,72,81)(H,73,82)/t19-,20?,23?,24?,25?,26?,27?,28?,29?,30?,31?,32?,33?,34+,35?,36?,37-,38?,39-,40-,41-,42+,43-,44-,45-,46-,47+,48?,49+,50+,51?,52?,53?,54?,55?,56+,57?,58-,59-,60-,61+,62+,63?,64+,65+,66+,67+,68-,69+,70+,71-/m1/s1. The molecule has 51 nitrogen and oxygen atoms in total. The van der Waals surface area contributed by atoms with E-state index in [1.165, 1.54) is 13.8 Å². The monoisotopic (exact) mass is 1790 g/mol. The maximum atomic E-state index is 13.1. The number of rotatable bonds is 33. The normalized spacial score (nSPS) is 49.8. The van der Waals surface area contributed by atoms with E-state index < -0.39 is 396 Å². The summed E-state index contributed by atoms with van der Waals surface area (Å²) < 4.78 is 114. The van der Waals surface area contributed by atoms with Gasteiger partial charge in [-0.2, -0.15) is 0 Å². The maximum Gasteiger partial charge on any atom is 0.217 e. The topological polar surface area (TPSA) is 800 Å². The second-order valence-electron chi connectivity index (χ2n) is 32.5. The molecule has 710 valence electrons. The molecular weight excluding hydrogens is 1660 g/mol. The molecule has 10 aliphatic heterocycles. The van der Waals surface area contributed by atoms with Crippen LogP contribution in [0.1, 0.15) is 48.0 Å². The van der Waals surface area contributed by atoms with Crippen molar-refractivity contribution in [3.05, 3.63) is 0 Å². The lowest BCUT2D eigenvalue weighted by Gasteiger charge is -2.51. The minimum atomic E-state index is -2.53. The summed E-state index contributed by atoms with van der Waals surface area (Å²) in [5.41, 5.74) is 0. The van der Waals surface area contributed by atoms with E-state index in [9.17, 15) is 153 Å². The van der Waals surface area contributed by atoms with Crippen molar-refractivity contribution in [2.24, 2.45) is 17.8 Å². The molecule has 0 aromatic rings. The van der Waals surface area contributed by atoms with Gasteiger partial charge < -0.3 is 244 Å².